The standard InChI is InChI=1S/C12H23ClO3/c1-14-6-2-7-15-8-3-12(11-13)4-9-16-10-5-12/h2-11H2,1H3. The number of halogens is 1. The Morgan fingerprint density at radius 3 is 2.56 bits per heavy atom. The Balaban J connectivity index is 2.08. The number of hydrogen-bond acceptors (Lipinski definition) is 3. The lowest BCUT2D eigenvalue weighted by Crippen LogP contribution is -2.32. The van der Waals surface area contributed by atoms with E-state index in [9.17, 15) is 0 Å². The van der Waals surface area contributed by atoms with Crippen LogP contribution in [-0.4, -0.2) is 46.0 Å². The fourth-order valence-corrected chi connectivity index (χ4v) is 2.35. The summed E-state index contributed by atoms with van der Waals surface area (Å²) in [4.78, 5) is 0. The normalized spacial score (nSPS) is 19.9. The molecule has 1 heterocycles. The Bertz CT molecular complexity index is 170. The zero-order valence-electron chi connectivity index (χ0n) is 10.2. The van der Waals surface area contributed by atoms with Gasteiger partial charge in [0.25, 0.3) is 0 Å². The van der Waals surface area contributed by atoms with E-state index >= 15 is 0 Å². The van der Waals surface area contributed by atoms with Gasteiger partial charge in [-0.15, -0.1) is 11.6 Å². The highest BCUT2D eigenvalue weighted by atomic mass is 35.5. The zero-order chi connectivity index (χ0) is 11.7. The van der Waals surface area contributed by atoms with Crippen molar-refractivity contribution in [2.75, 3.05) is 46.0 Å². The van der Waals surface area contributed by atoms with Gasteiger partial charge >= 0.3 is 0 Å². The highest BCUT2D eigenvalue weighted by Crippen LogP contribution is 2.35. The number of methoxy groups -OCH3 is 1. The van der Waals surface area contributed by atoms with Crippen LogP contribution in [0.4, 0.5) is 0 Å². The highest BCUT2D eigenvalue weighted by molar-refractivity contribution is 6.18. The summed E-state index contributed by atoms with van der Waals surface area (Å²) in [5.74, 6) is 0.720. The predicted octanol–water partition coefficient (Wildman–Crippen LogP) is 2.47. The molecular formula is C12H23ClO3. The molecule has 0 saturated carbocycles. The number of alkyl halides is 1. The Labute approximate surface area is 103 Å². The van der Waals surface area contributed by atoms with E-state index in [2.05, 4.69) is 0 Å². The summed E-state index contributed by atoms with van der Waals surface area (Å²) in [5, 5.41) is 0. The topological polar surface area (TPSA) is 27.7 Å². The fraction of sp³-hybridized carbons (Fsp3) is 1.00. The Hall–Kier alpha value is 0.170. The van der Waals surface area contributed by atoms with Crippen molar-refractivity contribution in [3.05, 3.63) is 0 Å². The molecule has 1 aliphatic heterocycles. The van der Waals surface area contributed by atoms with Crippen LogP contribution in [0.1, 0.15) is 25.7 Å². The Kier molecular flexibility index (Phi) is 7.37. The van der Waals surface area contributed by atoms with Gasteiger partial charge in [0, 0.05) is 46.0 Å². The van der Waals surface area contributed by atoms with E-state index in [0.717, 1.165) is 64.6 Å². The second-order valence-corrected chi connectivity index (χ2v) is 4.72. The monoisotopic (exact) mass is 250 g/mol. The molecule has 16 heavy (non-hydrogen) atoms. The van der Waals surface area contributed by atoms with Gasteiger partial charge in [-0.2, -0.15) is 0 Å². The molecule has 1 saturated heterocycles. The molecule has 0 unspecified atom stereocenters. The molecule has 0 aromatic carbocycles. The zero-order valence-corrected chi connectivity index (χ0v) is 10.9. The molecular weight excluding hydrogens is 228 g/mol. The van der Waals surface area contributed by atoms with Gasteiger partial charge in [-0.05, 0) is 31.1 Å². The molecule has 4 heteroatoms. The van der Waals surface area contributed by atoms with E-state index in [1.807, 2.05) is 0 Å². The first-order chi connectivity index (χ1) is 7.83. The first kappa shape index (κ1) is 14.2. The van der Waals surface area contributed by atoms with Crippen molar-refractivity contribution in [2.45, 2.75) is 25.7 Å². The smallest absolute Gasteiger partial charge is 0.0487 e. The molecule has 0 aromatic heterocycles. The molecule has 0 aliphatic carbocycles. The lowest BCUT2D eigenvalue weighted by molar-refractivity contribution is 0.00289. The molecule has 1 aliphatic rings. The van der Waals surface area contributed by atoms with Crippen LogP contribution in [0, 0.1) is 5.41 Å². The summed E-state index contributed by atoms with van der Waals surface area (Å²) in [6.45, 7) is 4.04. The minimum absolute atomic E-state index is 0.251. The second kappa shape index (κ2) is 8.29. The van der Waals surface area contributed by atoms with Gasteiger partial charge in [0.1, 0.15) is 0 Å². The third-order valence-corrected chi connectivity index (χ3v) is 3.82. The molecule has 0 spiro atoms. The van der Waals surface area contributed by atoms with Crippen LogP contribution in [0.15, 0.2) is 0 Å². The molecule has 3 nitrogen and oxygen atoms in total. The first-order valence-corrected chi connectivity index (χ1v) is 6.57. The maximum atomic E-state index is 6.07. The molecule has 96 valence electrons. The average molecular weight is 251 g/mol. The Morgan fingerprint density at radius 1 is 1.19 bits per heavy atom. The van der Waals surface area contributed by atoms with Crippen LogP contribution in [0.2, 0.25) is 0 Å². The van der Waals surface area contributed by atoms with Crippen molar-refractivity contribution in [2.24, 2.45) is 5.41 Å². The molecule has 0 aromatic rings. The van der Waals surface area contributed by atoms with Crippen LogP contribution in [-0.2, 0) is 14.2 Å². The van der Waals surface area contributed by atoms with Crippen LogP contribution in [0.5, 0.6) is 0 Å². The molecule has 0 N–H and O–H groups in total. The van der Waals surface area contributed by atoms with Gasteiger partial charge < -0.3 is 14.2 Å². The molecule has 0 atom stereocenters. The summed E-state index contributed by atoms with van der Waals surface area (Å²) in [7, 11) is 1.71. The van der Waals surface area contributed by atoms with E-state index in [-0.39, 0.29) is 5.41 Å². The number of ether oxygens (including phenoxy) is 3. The minimum atomic E-state index is 0.251. The van der Waals surface area contributed by atoms with Crippen LogP contribution >= 0.6 is 11.6 Å². The van der Waals surface area contributed by atoms with Gasteiger partial charge in [-0.1, -0.05) is 0 Å². The number of rotatable bonds is 8. The maximum absolute atomic E-state index is 6.07. The summed E-state index contributed by atoms with van der Waals surface area (Å²) < 4.78 is 15.9. The summed E-state index contributed by atoms with van der Waals surface area (Å²) in [6, 6.07) is 0. The van der Waals surface area contributed by atoms with Crippen molar-refractivity contribution in [1.29, 1.82) is 0 Å². The first-order valence-electron chi connectivity index (χ1n) is 6.03. The van der Waals surface area contributed by atoms with Crippen molar-refractivity contribution in [3.63, 3.8) is 0 Å². The van der Waals surface area contributed by atoms with E-state index in [4.69, 9.17) is 25.8 Å². The molecule has 0 amide bonds. The Morgan fingerprint density at radius 2 is 1.94 bits per heavy atom. The molecule has 1 rings (SSSR count). The SMILES string of the molecule is COCCCOCCC1(CCl)CCOCC1. The maximum Gasteiger partial charge on any atom is 0.0487 e. The van der Waals surface area contributed by atoms with Crippen LogP contribution < -0.4 is 0 Å². The van der Waals surface area contributed by atoms with Gasteiger partial charge in [-0.3, -0.25) is 0 Å². The van der Waals surface area contributed by atoms with Gasteiger partial charge in [0.05, 0.1) is 0 Å². The van der Waals surface area contributed by atoms with Gasteiger partial charge in [0.15, 0.2) is 0 Å². The second-order valence-electron chi connectivity index (χ2n) is 4.45. The third-order valence-electron chi connectivity index (χ3n) is 3.25. The average Bonchev–Trinajstić information content (AvgIpc) is 2.35. The van der Waals surface area contributed by atoms with E-state index in [1.54, 1.807) is 7.11 Å². The third kappa shape index (κ3) is 5.00. The lowest BCUT2D eigenvalue weighted by atomic mass is 9.79. The highest BCUT2D eigenvalue weighted by Gasteiger charge is 2.31. The van der Waals surface area contributed by atoms with Gasteiger partial charge in [-0.25, -0.2) is 0 Å². The van der Waals surface area contributed by atoms with Crippen molar-refractivity contribution in [1.82, 2.24) is 0 Å². The summed E-state index contributed by atoms with van der Waals surface area (Å²) in [5.41, 5.74) is 0.251. The van der Waals surface area contributed by atoms with Crippen molar-refractivity contribution in [3.8, 4) is 0 Å². The quantitative estimate of drug-likeness (QED) is 0.489. The van der Waals surface area contributed by atoms with Gasteiger partial charge in [0.2, 0.25) is 0 Å². The summed E-state index contributed by atoms with van der Waals surface area (Å²) >= 11 is 6.07. The lowest BCUT2D eigenvalue weighted by Gasteiger charge is -2.35. The largest absolute Gasteiger partial charge is 0.385 e. The molecule has 0 bridgehead atoms. The van der Waals surface area contributed by atoms with Crippen molar-refractivity contribution < 1.29 is 14.2 Å². The van der Waals surface area contributed by atoms with E-state index < -0.39 is 0 Å². The number of hydrogen-bond donors (Lipinski definition) is 0. The fourth-order valence-electron chi connectivity index (χ4n) is 1.95. The summed E-state index contributed by atoms with van der Waals surface area (Å²) in [6.07, 6.45) is 4.15. The predicted molar refractivity (Wildman–Crippen MR) is 65.1 cm³/mol. The minimum Gasteiger partial charge on any atom is -0.385 e. The molecule has 0 radical (unpaired) electrons. The van der Waals surface area contributed by atoms with E-state index in [0.29, 0.717) is 0 Å². The van der Waals surface area contributed by atoms with Crippen LogP contribution in [0.25, 0.3) is 0 Å². The van der Waals surface area contributed by atoms with E-state index in [1.165, 1.54) is 0 Å². The van der Waals surface area contributed by atoms with Crippen LogP contribution in [0.3, 0.4) is 0 Å². The molecule has 1 fully saturated rings. The van der Waals surface area contributed by atoms with Crippen molar-refractivity contribution >= 4 is 11.6 Å².